The molecule has 0 radical (unpaired) electrons. The summed E-state index contributed by atoms with van der Waals surface area (Å²) in [5.41, 5.74) is -0.305. The molecule has 1 aromatic carbocycles. The van der Waals surface area contributed by atoms with Crippen molar-refractivity contribution in [2.75, 3.05) is 20.2 Å². The minimum Gasteiger partial charge on any atom is -0.465 e. The minimum atomic E-state index is -4.66. The molecule has 7 nitrogen and oxygen atoms in total. The lowest BCUT2D eigenvalue weighted by Crippen LogP contribution is -2.65. The molecular formula is C21H30NO6S+. The van der Waals surface area contributed by atoms with Crippen molar-refractivity contribution in [3.8, 4) is 0 Å². The monoisotopic (exact) mass is 424 g/mol. The fourth-order valence-electron chi connectivity index (χ4n) is 3.00. The minimum absolute atomic E-state index is 0.0389. The van der Waals surface area contributed by atoms with E-state index in [1.165, 1.54) is 19.3 Å². The average Bonchev–Trinajstić information content (AvgIpc) is 2.64. The summed E-state index contributed by atoms with van der Waals surface area (Å²) in [5.74, 6) is -0.760. The zero-order chi connectivity index (χ0) is 22.3. The molecule has 0 spiro atoms. The Labute approximate surface area is 173 Å². The quantitative estimate of drug-likeness (QED) is 0.344. The summed E-state index contributed by atoms with van der Waals surface area (Å²) < 4.78 is 36.0. The van der Waals surface area contributed by atoms with Gasteiger partial charge in [-0.1, -0.05) is 43.5 Å². The van der Waals surface area contributed by atoms with Gasteiger partial charge in [-0.15, -0.1) is 0 Å². The number of carbonyl (C=O) groups excluding carboxylic acids is 2. The second-order valence-electron chi connectivity index (χ2n) is 7.56. The molecule has 0 aliphatic carbocycles. The van der Waals surface area contributed by atoms with Crippen LogP contribution in [0.1, 0.15) is 26.3 Å². The van der Waals surface area contributed by atoms with Crippen molar-refractivity contribution < 1.29 is 31.4 Å². The topological polar surface area (TPSA) is 86.7 Å². The number of hydrogen-bond donors (Lipinski definition) is 0. The summed E-state index contributed by atoms with van der Waals surface area (Å²) in [6.07, 6.45) is 2.75. The maximum Gasteiger partial charge on any atom is 0.480 e. The summed E-state index contributed by atoms with van der Waals surface area (Å²) in [4.78, 5) is 25.4. The van der Waals surface area contributed by atoms with Gasteiger partial charge in [-0.25, -0.2) is 9.59 Å². The van der Waals surface area contributed by atoms with Gasteiger partial charge in [-0.3, -0.25) is 0 Å². The molecule has 1 rings (SSSR count). The van der Waals surface area contributed by atoms with Crippen LogP contribution in [-0.2, 0) is 30.7 Å². The molecule has 8 heteroatoms. The van der Waals surface area contributed by atoms with Gasteiger partial charge < -0.3 is 9.47 Å². The normalized spacial score (nSPS) is 13.2. The fourth-order valence-corrected chi connectivity index (χ4v) is 4.75. The van der Waals surface area contributed by atoms with E-state index in [-0.39, 0.29) is 19.5 Å². The Bertz CT molecular complexity index is 830. The van der Waals surface area contributed by atoms with Crippen LogP contribution in [0, 0.1) is 0 Å². The highest BCUT2D eigenvalue weighted by Gasteiger charge is 2.56. The van der Waals surface area contributed by atoms with Gasteiger partial charge in [0.05, 0.1) is 7.11 Å². The SMILES string of the molecule is C=CC[N+](CC=C)([C@@H](Cc1ccccc1)C(=O)OC)S(=O)(=O)C(=O)OC(C)(C)C. The lowest BCUT2D eigenvalue weighted by Gasteiger charge is -2.39. The number of ether oxygens (including phenoxy) is 2. The third kappa shape index (κ3) is 5.77. The highest BCUT2D eigenvalue weighted by molar-refractivity contribution is 8.00. The van der Waals surface area contributed by atoms with E-state index in [0.717, 1.165) is 5.56 Å². The van der Waals surface area contributed by atoms with Crippen LogP contribution in [0.4, 0.5) is 4.79 Å². The first-order valence-electron chi connectivity index (χ1n) is 9.13. The lowest BCUT2D eigenvalue weighted by atomic mass is 10.0. The van der Waals surface area contributed by atoms with Gasteiger partial charge >= 0.3 is 21.3 Å². The molecule has 1 atom stereocenters. The van der Waals surface area contributed by atoms with Gasteiger partial charge in [-0.05, 0) is 38.5 Å². The van der Waals surface area contributed by atoms with Gasteiger partial charge in [-0.2, -0.15) is 12.3 Å². The Morgan fingerprint density at radius 2 is 1.62 bits per heavy atom. The van der Waals surface area contributed by atoms with Crippen molar-refractivity contribution in [1.29, 1.82) is 0 Å². The number of sulfonamides is 1. The molecule has 0 N–H and O–H groups in total. The van der Waals surface area contributed by atoms with Gasteiger partial charge in [0.15, 0.2) is 0 Å². The second kappa shape index (κ2) is 9.84. The number of quaternary nitrogens is 1. The Morgan fingerprint density at radius 1 is 1.10 bits per heavy atom. The molecule has 1 aromatic rings. The fraction of sp³-hybridized carbons (Fsp3) is 0.429. The maximum atomic E-state index is 13.5. The van der Waals surface area contributed by atoms with Crippen LogP contribution in [0.5, 0.6) is 0 Å². The van der Waals surface area contributed by atoms with Crippen molar-refractivity contribution in [3.05, 3.63) is 61.2 Å². The lowest BCUT2D eigenvalue weighted by molar-refractivity contribution is -0.810. The van der Waals surface area contributed by atoms with Crippen LogP contribution < -0.4 is 0 Å². The number of methoxy groups -OCH3 is 1. The van der Waals surface area contributed by atoms with E-state index in [1.54, 1.807) is 45.0 Å². The van der Waals surface area contributed by atoms with E-state index in [1.807, 2.05) is 6.07 Å². The average molecular weight is 425 g/mol. The molecule has 0 aliphatic heterocycles. The first kappa shape index (κ1) is 24.6. The van der Waals surface area contributed by atoms with Gasteiger partial charge in [0.25, 0.3) is 0 Å². The first-order valence-corrected chi connectivity index (χ1v) is 10.6. The summed E-state index contributed by atoms with van der Waals surface area (Å²) in [6.45, 7) is 11.5. The standard InChI is InChI=1S/C21H30NO6S/c1-7-14-22(15-8-2,29(25,26)20(24)28-21(3,4)5)18(19(23)27-6)16-17-12-10-9-11-13-17/h7-13,18H,1-2,14-16H2,3-6H3/q+1/t18-/m0/s1. The molecule has 29 heavy (non-hydrogen) atoms. The number of hydrogen-bond acceptors (Lipinski definition) is 6. The van der Waals surface area contributed by atoms with Crippen LogP contribution >= 0.6 is 0 Å². The van der Waals surface area contributed by atoms with E-state index < -0.39 is 36.8 Å². The molecule has 0 amide bonds. The number of nitrogens with zero attached hydrogens (tertiary/aromatic N) is 1. The van der Waals surface area contributed by atoms with Crippen LogP contribution in [-0.4, -0.2) is 55.4 Å². The Balaban J connectivity index is 3.66. The van der Waals surface area contributed by atoms with Gasteiger partial charge in [0.1, 0.15) is 18.7 Å². The summed E-state index contributed by atoms with van der Waals surface area (Å²) in [6, 6.07) is 7.68. The van der Waals surface area contributed by atoms with E-state index in [9.17, 15) is 18.0 Å². The molecule has 0 fully saturated rings. The Hall–Kier alpha value is -2.45. The van der Waals surface area contributed by atoms with E-state index in [2.05, 4.69) is 13.2 Å². The smallest absolute Gasteiger partial charge is 0.465 e. The summed E-state index contributed by atoms with van der Waals surface area (Å²) >= 11 is 0. The van der Waals surface area contributed by atoms with Crippen molar-refractivity contribution in [3.63, 3.8) is 0 Å². The highest BCUT2D eigenvalue weighted by Crippen LogP contribution is 2.29. The molecule has 0 saturated carbocycles. The summed E-state index contributed by atoms with van der Waals surface area (Å²) in [5, 5.41) is -1.41. The van der Waals surface area contributed by atoms with Crippen molar-refractivity contribution in [1.82, 2.24) is 0 Å². The van der Waals surface area contributed by atoms with Crippen LogP contribution in [0.15, 0.2) is 55.6 Å². The zero-order valence-electron chi connectivity index (χ0n) is 17.5. The van der Waals surface area contributed by atoms with Gasteiger partial charge in [0.2, 0.25) is 6.04 Å². The van der Waals surface area contributed by atoms with Gasteiger partial charge in [0, 0.05) is 6.42 Å². The van der Waals surface area contributed by atoms with Crippen LogP contribution in [0.3, 0.4) is 0 Å². The van der Waals surface area contributed by atoms with Crippen molar-refractivity contribution >= 4 is 21.3 Å². The third-order valence-corrected chi connectivity index (χ3v) is 6.28. The molecule has 0 unspecified atom stereocenters. The molecule has 160 valence electrons. The molecule has 0 bridgehead atoms. The third-order valence-electron chi connectivity index (χ3n) is 4.27. The van der Waals surface area contributed by atoms with E-state index >= 15 is 0 Å². The number of rotatable bonds is 9. The first-order chi connectivity index (χ1) is 13.4. The van der Waals surface area contributed by atoms with Crippen molar-refractivity contribution in [2.24, 2.45) is 0 Å². The summed E-state index contributed by atoms with van der Waals surface area (Å²) in [7, 11) is -3.48. The zero-order valence-corrected chi connectivity index (χ0v) is 18.3. The van der Waals surface area contributed by atoms with Crippen LogP contribution in [0.25, 0.3) is 0 Å². The Morgan fingerprint density at radius 3 is 2.03 bits per heavy atom. The van der Waals surface area contributed by atoms with Crippen molar-refractivity contribution in [2.45, 2.75) is 38.8 Å². The predicted molar refractivity (Wildman–Crippen MR) is 111 cm³/mol. The molecule has 0 aliphatic rings. The van der Waals surface area contributed by atoms with Crippen LogP contribution in [0.2, 0.25) is 0 Å². The largest absolute Gasteiger partial charge is 0.480 e. The Kier molecular flexibility index (Phi) is 8.35. The number of esters is 1. The maximum absolute atomic E-state index is 13.5. The highest BCUT2D eigenvalue weighted by atomic mass is 32.2. The van der Waals surface area contributed by atoms with E-state index in [4.69, 9.17) is 9.47 Å². The number of benzene rings is 1. The molecule has 0 aromatic heterocycles. The number of carbonyl (C=O) groups is 2. The molecule has 0 heterocycles. The second-order valence-corrected chi connectivity index (χ2v) is 9.57. The molecular weight excluding hydrogens is 394 g/mol. The predicted octanol–water partition coefficient (Wildman–Crippen LogP) is 3.22. The molecule has 0 saturated heterocycles. The van der Waals surface area contributed by atoms with E-state index in [0.29, 0.717) is 0 Å².